The van der Waals surface area contributed by atoms with Crippen LogP contribution in [0.4, 0.5) is 10.1 Å². The third-order valence-electron chi connectivity index (χ3n) is 3.11. The highest BCUT2D eigenvalue weighted by Gasteiger charge is 2.13. The highest BCUT2D eigenvalue weighted by Crippen LogP contribution is 2.18. The minimum atomic E-state index is -0.398. The van der Waals surface area contributed by atoms with Crippen LogP contribution in [-0.2, 0) is 0 Å². The Hall–Kier alpha value is -2.61. The van der Waals surface area contributed by atoms with Crippen LogP contribution in [0.1, 0.15) is 16.1 Å². The number of hydrogen-bond donors (Lipinski definition) is 1. The van der Waals surface area contributed by atoms with Gasteiger partial charge in [0.15, 0.2) is 5.69 Å². The van der Waals surface area contributed by atoms with E-state index < -0.39 is 5.91 Å². The van der Waals surface area contributed by atoms with Crippen molar-refractivity contribution in [1.82, 2.24) is 20.0 Å². The van der Waals surface area contributed by atoms with Gasteiger partial charge in [-0.1, -0.05) is 0 Å². The summed E-state index contributed by atoms with van der Waals surface area (Å²) >= 11 is 3.27. The van der Waals surface area contributed by atoms with E-state index in [-0.39, 0.29) is 11.5 Å². The summed E-state index contributed by atoms with van der Waals surface area (Å²) in [5, 5.41) is 10.8. The van der Waals surface area contributed by atoms with E-state index in [0.29, 0.717) is 16.0 Å². The second-order valence-corrected chi connectivity index (χ2v) is 5.58. The van der Waals surface area contributed by atoms with Gasteiger partial charge in [0.25, 0.3) is 5.91 Å². The van der Waals surface area contributed by atoms with Crippen LogP contribution in [0.15, 0.2) is 47.3 Å². The molecule has 3 aromatic rings. The Morgan fingerprint density at radius 2 is 2.00 bits per heavy atom. The summed E-state index contributed by atoms with van der Waals surface area (Å²) < 4.78 is 13.6. The Labute approximate surface area is 139 Å². The molecule has 0 spiro atoms. The molecule has 1 amide bonds. The minimum Gasteiger partial charge on any atom is -0.319 e. The molecule has 2 heterocycles. The molecule has 1 aromatic carbocycles. The van der Waals surface area contributed by atoms with Crippen LogP contribution in [-0.4, -0.2) is 25.9 Å². The summed E-state index contributed by atoms with van der Waals surface area (Å²) in [5.41, 5.74) is 2.17. The van der Waals surface area contributed by atoms with Crippen LogP contribution in [0.2, 0.25) is 0 Å². The van der Waals surface area contributed by atoms with Gasteiger partial charge in [-0.15, -0.1) is 5.10 Å². The topological polar surface area (TPSA) is 72.7 Å². The van der Waals surface area contributed by atoms with Crippen molar-refractivity contribution in [2.75, 3.05) is 5.32 Å². The third kappa shape index (κ3) is 3.42. The van der Waals surface area contributed by atoms with Crippen LogP contribution >= 0.6 is 15.9 Å². The molecule has 0 bridgehead atoms. The molecule has 23 heavy (non-hydrogen) atoms. The average Bonchev–Trinajstić information content (AvgIpc) is 3.01. The molecule has 116 valence electrons. The molecule has 3 rings (SSSR count). The zero-order valence-corrected chi connectivity index (χ0v) is 13.6. The van der Waals surface area contributed by atoms with Crippen molar-refractivity contribution in [3.8, 4) is 5.69 Å². The molecule has 2 aromatic heterocycles. The van der Waals surface area contributed by atoms with Crippen LogP contribution in [0.3, 0.4) is 0 Å². The summed E-state index contributed by atoms with van der Waals surface area (Å²) in [6.07, 6.45) is 2.90. The van der Waals surface area contributed by atoms with E-state index in [0.717, 1.165) is 5.56 Å². The van der Waals surface area contributed by atoms with E-state index in [1.54, 1.807) is 12.3 Å². The molecule has 6 nitrogen and oxygen atoms in total. The zero-order chi connectivity index (χ0) is 16.4. The van der Waals surface area contributed by atoms with Crippen LogP contribution < -0.4 is 5.32 Å². The number of carbonyl (C=O) groups is 1. The normalized spacial score (nSPS) is 10.6. The first-order valence-corrected chi connectivity index (χ1v) is 7.44. The van der Waals surface area contributed by atoms with Gasteiger partial charge in [0, 0.05) is 0 Å². The van der Waals surface area contributed by atoms with E-state index in [9.17, 15) is 9.18 Å². The fourth-order valence-electron chi connectivity index (χ4n) is 1.90. The monoisotopic (exact) mass is 375 g/mol. The van der Waals surface area contributed by atoms with Gasteiger partial charge in [0.2, 0.25) is 0 Å². The SMILES string of the molecule is Cc1cc(Br)ncc1NC(=O)c1cnn(-c2ccc(F)cc2)n1. The van der Waals surface area contributed by atoms with Crippen molar-refractivity contribution in [3.63, 3.8) is 0 Å². The number of aryl methyl sites for hydroxylation is 1. The number of anilines is 1. The maximum Gasteiger partial charge on any atom is 0.277 e. The van der Waals surface area contributed by atoms with Gasteiger partial charge >= 0.3 is 0 Å². The Morgan fingerprint density at radius 3 is 2.70 bits per heavy atom. The molecule has 0 fully saturated rings. The summed E-state index contributed by atoms with van der Waals surface area (Å²) in [5.74, 6) is -0.748. The zero-order valence-electron chi connectivity index (χ0n) is 12.0. The fraction of sp³-hybridized carbons (Fsp3) is 0.0667. The van der Waals surface area contributed by atoms with Gasteiger partial charge in [-0.05, 0) is 58.7 Å². The highest BCUT2D eigenvalue weighted by atomic mass is 79.9. The molecule has 0 saturated heterocycles. The molecular weight excluding hydrogens is 365 g/mol. The maximum absolute atomic E-state index is 12.9. The van der Waals surface area contributed by atoms with Crippen molar-refractivity contribution in [3.05, 3.63) is 64.4 Å². The smallest absolute Gasteiger partial charge is 0.277 e. The van der Waals surface area contributed by atoms with Crippen LogP contribution in [0.25, 0.3) is 5.69 Å². The first kappa shape index (κ1) is 15.3. The van der Waals surface area contributed by atoms with E-state index in [2.05, 4.69) is 36.4 Å². The number of hydrogen-bond acceptors (Lipinski definition) is 4. The summed E-state index contributed by atoms with van der Waals surface area (Å²) in [4.78, 5) is 17.6. The van der Waals surface area contributed by atoms with Gasteiger partial charge in [-0.3, -0.25) is 4.79 Å². The molecule has 1 N–H and O–H groups in total. The largest absolute Gasteiger partial charge is 0.319 e. The lowest BCUT2D eigenvalue weighted by Crippen LogP contribution is -2.14. The van der Waals surface area contributed by atoms with Crippen molar-refractivity contribution < 1.29 is 9.18 Å². The molecule has 0 radical (unpaired) electrons. The maximum atomic E-state index is 12.9. The van der Waals surface area contributed by atoms with E-state index in [1.165, 1.54) is 35.3 Å². The predicted octanol–water partition coefficient (Wildman–Crippen LogP) is 3.12. The number of rotatable bonds is 3. The number of benzene rings is 1. The molecule has 0 saturated carbocycles. The number of pyridine rings is 1. The van der Waals surface area contributed by atoms with Gasteiger partial charge < -0.3 is 5.32 Å². The molecule has 0 atom stereocenters. The van der Waals surface area contributed by atoms with Crippen LogP contribution in [0, 0.1) is 12.7 Å². The molecular formula is C15H11BrFN5O. The summed E-state index contributed by atoms with van der Waals surface area (Å²) in [6.45, 7) is 1.86. The number of nitrogens with one attached hydrogen (secondary N) is 1. The lowest BCUT2D eigenvalue weighted by atomic mass is 10.2. The van der Waals surface area contributed by atoms with Crippen molar-refractivity contribution in [1.29, 1.82) is 0 Å². The molecule has 0 unspecified atom stereocenters. The number of carbonyl (C=O) groups excluding carboxylic acids is 1. The fourth-order valence-corrected chi connectivity index (χ4v) is 2.35. The first-order chi connectivity index (χ1) is 11.0. The van der Waals surface area contributed by atoms with Gasteiger partial charge in [0.05, 0.1) is 23.8 Å². The number of aromatic nitrogens is 4. The Morgan fingerprint density at radius 1 is 1.26 bits per heavy atom. The lowest BCUT2D eigenvalue weighted by molar-refractivity contribution is 0.102. The molecule has 0 aliphatic heterocycles. The summed E-state index contributed by atoms with van der Waals surface area (Å²) in [7, 11) is 0. The van der Waals surface area contributed by atoms with Gasteiger partial charge in [0.1, 0.15) is 10.4 Å². The lowest BCUT2D eigenvalue weighted by Gasteiger charge is -2.06. The minimum absolute atomic E-state index is 0.150. The molecule has 0 aliphatic rings. The standard InChI is InChI=1S/C15H11BrFN5O/c1-9-6-14(16)18-7-12(9)20-15(23)13-8-19-22(21-13)11-4-2-10(17)3-5-11/h2-8H,1H3,(H,20,23). The predicted molar refractivity (Wildman–Crippen MR) is 85.9 cm³/mol. The number of amides is 1. The van der Waals surface area contributed by atoms with E-state index >= 15 is 0 Å². The number of halogens is 2. The van der Waals surface area contributed by atoms with Gasteiger partial charge in [-0.25, -0.2) is 9.37 Å². The second kappa shape index (κ2) is 6.25. The quantitative estimate of drug-likeness (QED) is 0.713. The van der Waals surface area contributed by atoms with E-state index in [4.69, 9.17) is 0 Å². The molecule has 8 heteroatoms. The van der Waals surface area contributed by atoms with Crippen molar-refractivity contribution in [2.45, 2.75) is 6.92 Å². The third-order valence-corrected chi connectivity index (χ3v) is 3.54. The Bertz CT molecular complexity index is 863. The Kier molecular flexibility index (Phi) is 4.16. The van der Waals surface area contributed by atoms with Gasteiger partial charge in [-0.2, -0.15) is 9.90 Å². The highest BCUT2D eigenvalue weighted by molar-refractivity contribution is 9.10. The first-order valence-electron chi connectivity index (χ1n) is 6.65. The molecule has 0 aliphatic carbocycles. The summed E-state index contributed by atoms with van der Waals surface area (Å²) in [6, 6.07) is 7.45. The average molecular weight is 376 g/mol. The van der Waals surface area contributed by atoms with Crippen molar-refractivity contribution in [2.24, 2.45) is 0 Å². The van der Waals surface area contributed by atoms with E-state index in [1.807, 2.05) is 6.92 Å². The number of nitrogens with zero attached hydrogens (tertiary/aromatic N) is 4. The van der Waals surface area contributed by atoms with Crippen LogP contribution in [0.5, 0.6) is 0 Å². The second-order valence-electron chi connectivity index (χ2n) is 4.77. The Balaban J connectivity index is 1.79. The van der Waals surface area contributed by atoms with Crippen molar-refractivity contribution >= 4 is 27.5 Å².